The molecule has 0 N–H and O–H groups in total. The molecule has 0 radical (unpaired) electrons. The van der Waals surface area contributed by atoms with Crippen LogP contribution in [0.4, 0.5) is 0 Å². The summed E-state index contributed by atoms with van der Waals surface area (Å²) in [5.41, 5.74) is 0. The first-order chi connectivity index (χ1) is 9.14. The van der Waals surface area contributed by atoms with Crippen molar-refractivity contribution in [3.8, 4) is 0 Å². The van der Waals surface area contributed by atoms with Crippen LogP contribution in [0.1, 0.15) is 59.3 Å². The normalized spacial score (nSPS) is 13.0. The molecule has 0 rings (SSSR count). The zero-order valence-electron chi connectivity index (χ0n) is 13.1. The van der Waals surface area contributed by atoms with Gasteiger partial charge in [-0.15, -0.1) is 0 Å². The van der Waals surface area contributed by atoms with Gasteiger partial charge < -0.3 is 0 Å². The smallest absolute Gasteiger partial charge is 0.0788 e. The molecule has 0 atom stereocenters. The predicted octanol–water partition coefficient (Wildman–Crippen LogP) is 6.92. The third kappa shape index (κ3) is 9.48. The van der Waals surface area contributed by atoms with Gasteiger partial charge in [0.25, 0.3) is 0 Å². The Labute approximate surface area is 135 Å². The molecule has 0 heterocycles. The van der Waals surface area contributed by atoms with E-state index < -0.39 is 7.26 Å². The highest BCUT2D eigenvalue weighted by atomic mass is 79.9. The van der Waals surface area contributed by atoms with Crippen LogP contribution in [0.5, 0.6) is 0 Å². The van der Waals surface area contributed by atoms with E-state index in [0.29, 0.717) is 0 Å². The van der Waals surface area contributed by atoms with Gasteiger partial charge in [-0.3, -0.25) is 0 Å². The van der Waals surface area contributed by atoms with Crippen LogP contribution in [-0.2, 0) is 0 Å². The highest BCUT2D eigenvalue weighted by molar-refractivity contribution is 9.09. The number of alkyl halides is 1. The number of allylic oxidation sites excluding steroid dienone is 2. The lowest BCUT2D eigenvalue weighted by Crippen LogP contribution is -2.12. The van der Waals surface area contributed by atoms with E-state index in [1.165, 1.54) is 63.2 Å². The molecule has 19 heavy (non-hydrogen) atoms. The van der Waals surface area contributed by atoms with Crippen LogP contribution in [0.15, 0.2) is 11.1 Å². The Morgan fingerprint density at radius 3 is 1.68 bits per heavy atom. The Balaban J connectivity index is 4.75. The van der Waals surface area contributed by atoms with Crippen LogP contribution in [0.3, 0.4) is 0 Å². The van der Waals surface area contributed by atoms with E-state index >= 15 is 0 Å². The summed E-state index contributed by atoms with van der Waals surface area (Å²) in [5, 5.41) is 1.80. The fraction of sp³-hybridized carbons (Fsp3) is 0.875. The summed E-state index contributed by atoms with van der Waals surface area (Å²) in [6, 6.07) is 0. The molecule has 0 aromatic carbocycles. The minimum Gasteiger partial charge on any atom is -0.0884 e. The van der Waals surface area contributed by atoms with E-state index in [2.05, 4.69) is 42.8 Å². The van der Waals surface area contributed by atoms with Crippen LogP contribution < -0.4 is 0 Å². The third-order valence-corrected chi connectivity index (χ3v) is 9.75. The minimum absolute atomic E-state index is 0.794. The van der Waals surface area contributed by atoms with Crippen LogP contribution in [-0.4, -0.2) is 30.0 Å². The Morgan fingerprint density at radius 1 is 0.947 bits per heavy atom. The average Bonchev–Trinajstić information content (AvgIpc) is 2.45. The summed E-state index contributed by atoms with van der Waals surface area (Å²) in [7, 11) is -0.794. The second-order valence-corrected chi connectivity index (χ2v) is 11.0. The number of unbranched alkanes of at least 4 members (excludes halogenated alkanes) is 3. The zero-order valence-corrected chi connectivity index (χ0v) is 16.3. The number of rotatable bonds is 12. The van der Waals surface area contributed by atoms with Crippen molar-refractivity contribution in [2.75, 3.05) is 30.0 Å². The van der Waals surface area contributed by atoms with Crippen molar-refractivity contribution in [2.24, 2.45) is 0 Å². The van der Waals surface area contributed by atoms with Gasteiger partial charge >= 0.3 is 0 Å². The maximum absolute atomic E-state index is 6.21. The van der Waals surface area contributed by atoms with Crippen molar-refractivity contribution in [1.29, 1.82) is 0 Å². The molecular weight excluding hydrogens is 339 g/mol. The molecule has 0 fully saturated rings. The second kappa shape index (κ2) is 12.7. The topological polar surface area (TPSA) is 0 Å². The molecule has 0 aliphatic rings. The molecule has 3 heteroatoms. The van der Waals surface area contributed by atoms with Gasteiger partial charge in [0.05, 0.1) is 24.6 Å². The first-order valence-corrected chi connectivity index (χ1v) is 11.9. The Morgan fingerprint density at radius 2 is 1.37 bits per heavy atom. The minimum atomic E-state index is -0.794. The molecule has 0 aromatic heterocycles. The van der Waals surface area contributed by atoms with Gasteiger partial charge in [0, 0.05) is 17.6 Å². The highest BCUT2D eigenvalue weighted by Crippen LogP contribution is 2.60. The summed E-state index contributed by atoms with van der Waals surface area (Å²) >= 11 is 9.66. The molecule has 0 bridgehead atoms. The van der Waals surface area contributed by atoms with Gasteiger partial charge in [-0.1, -0.05) is 67.6 Å². The van der Waals surface area contributed by atoms with Gasteiger partial charge in [-0.05, 0) is 25.3 Å². The molecule has 0 aliphatic carbocycles. The van der Waals surface area contributed by atoms with E-state index in [9.17, 15) is 0 Å². The van der Waals surface area contributed by atoms with Crippen LogP contribution in [0.2, 0.25) is 0 Å². The lowest BCUT2D eigenvalue weighted by Gasteiger charge is -2.27. The van der Waals surface area contributed by atoms with Crippen molar-refractivity contribution in [3.63, 3.8) is 0 Å². The monoisotopic (exact) mass is 369 g/mol. The van der Waals surface area contributed by atoms with Crippen LogP contribution in [0, 0.1) is 0 Å². The number of hydrogen-bond acceptors (Lipinski definition) is 0. The number of halogens is 2. The zero-order chi connectivity index (χ0) is 14.6. The summed E-state index contributed by atoms with van der Waals surface area (Å²) in [5.74, 6) is 0. The molecule has 0 unspecified atom stereocenters. The van der Waals surface area contributed by atoms with Crippen molar-refractivity contribution in [3.05, 3.63) is 11.1 Å². The largest absolute Gasteiger partial charge is 0.0884 e. The molecule has 0 saturated heterocycles. The summed E-state index contributed by atoms with van der Waals surface area (Å²) in [6.45, 7) is 6.95. The van der Waals surface area contributed by atoms with E-state index in [1.54, 1.807) is 0 Å². The molecule has 0 aliphatic heterocycles. The highest BCUT2D eigenvalue weighted by Gasteiger charge is 2.34. The summed E-state index contributed by atoms with van der Waals surface area (Å²) < 4.78 is 0. The Kier molecular flexibility index (Phi) is 13.3. The Hall–Kier alpha value is 0.940. The average molecular weight is 371 g/mol. The summed E-state index contributed by atoms with van der Waals surface area (Å²) in [6.07, 6.45) is 16.2. The van der Waals surface area contributed by atoms with Crippen molar-refractivity contribution >= 4 is 34.8 Å². The SMILES string of the molecule is CCCC[P+](CC=C(Cl)CBr)(CCCC)CCCC. The quantitative estimate of drug-likeness (QED) is 0.258. The molecule has 0 saturated carbocycles. The molecule has 0 spiro atoms. The van der Waals surface area contributed by atoms with Gasteiger partial charge in [0.1, 0.15) is 0 Å². The standard InChI is InChI=1S/C16H32BrClP/c1-4-7-11-19(12-8-5-2,13-9-6-3)14-10-16(18)15-17/h10H,4-9,11-15H2,1-3H3/q+1. The van der Waals surface area contributed by atoms with Crippen molar-refractivity contribution < 1.29 is 0 Å². The van der Waals surface area contributed by atoms with Gasteiger partial charge in [-0.2, -0.15) is 0 Å². The molecule has 0 amide bonds. The third-order valence-electron chi connectivity index (χ3n) is 3.79. The number of hydrogen-bond donors (Lipinski definition) is 0. The van der Waals surface area contributed by atoms with Gasteiger partial charge in [0.2, 0.25) is 0 Å². The fourth-order valence-electron chi connectivity index (χ4n) is 2.44. The Bertz CT molecular complexity index is 219. The second-order valence-electron chi connectivity index (χ2n) is 5.54. The van der Waals surface area contributed by atoms with Crippen molar-refractivity contribution in [2.45, 2.75) is 59.3 Å². The maximum atomic E-state index is 6.21. The van der Waals surface area contributed by atoms with E-state index in [1.807, 2.05) is 0 Å². The van der Waals surface area contributed by atoms with Crippen LogP contribution in [0.25, 0.3) is 0 Å². The predicted molar refractivity (Wildman–Crippen MR) is 98.8 cm³/mol. The van der Waals surface area contributed by atoms with Crippen LogP contribution >= 0.6 is 34.8 Å². The molecular formula is C16H32BrClP+. The van der Waals surface area contributed by atoms with E-state index in [0.717, 1.165) is 10.4 Å². The lowest BCUT2D eigenvalue weighted by atomic mass is 10.4. The van der Waals surface area contributed by atoms with E-state index in [-0.39, 0.29) is 0 Å². The fourth-order valence-corrected chi connectivity index (χ4v) is 7.64. The molecule has 0 aromatic rings. The maximum Gasteiger partial charge on any atom is 0.0788 e. The van der Waals surface area contributed by atoms with Gasteiger partial charge in [0.15, 0.2) is 0 Å². The van der Waals surface area contributed by atoms with Crippen molar-refractivity contribution in [1.82, 2.24) is 0 Å². The first-order valence-electron chi connectivity index (χ1n) is 7.89. The first kappa shape index (κ1) is 19.9. The molecule has 114 valence electrons. The summed E-state index contributed by atoms with van der Waals surface area (Å²) in [4.78, 5) is 0. The van der Waals surface area contributed by atoms with E-state index in [4.69, 9.17) is 11.6 Å². The lowest BCUT2D eigenvalue weighted by molar-refractivity contribution is 0.836. The van der Waals surface area contributed by atoms with Gasteiger partial charge in [-0.25, -0.2) is 0 Å². The molecule has 0 nitrogen and oxygen atoms in total.